The van der Waals surface area contributed by atoms with E-state index >= 15 is 0 Å². The average Bonchev–Trinajstić information content (AvgIpc) is 3.16. The number of thiophene rings is 1. The largest absolute Gasteiger partial charge is 0.370 e. The Hall–Kier alpha value is -2.86. The van der Waals surface area contributed by atoms with E-state index in [1.54, 1.807) is 34.2 Å². The minimum atomic E-state index is 0.00238. The second kappa shape index (κ2) is 9.01. The van der Waals surface area contributed by atoms with Crippen LogP contribution in [0.4, 0.5) is 0 Å². The van der Waals surface area contributed by atoms with Gasteiger partial charge in [0.1, 0.15) is 0 Å². The molecule has 0 saturated heterocycles. The van der Waals surface area contributed by atoms with Crippen molar-refractivity contribution in [3.8, 4) is 0 Å². The average molecular weight is 366 g/mol. The Morgan fingerprint density at radius 3 is 2.62 bits per heavy atom. The van der Waals surface area contributed by atoms with Crippen molar-refractivity contribution in [2.24, 2.45) is 10.7 Å². The van der Waals surface area contributed by atoms with Crippen LogP contribution in [-0.2, 0) is 19.5 Å². The van der Waals surface area contributed by atoms with Gasteiger partial charge in [-0.05, 0) is 35.1 Å². The van der Waals surface area contributed by atoms with Gasteiger partial charge in [0, 0.05) is 23.7 Å². The Morgan fingerprint density at radius 1 is 1.08 bits per heavy atom. The van der Waals surface area contributed by atoms with E-state index in [0.717, 1.165) is 24.1 Å². The van der Waals surface area contributed by atoms with Crippen LogP contribution < -0.4 is 16.6 Å². The molecule has 2 heterocycles. The Labute approximate surface area is 156 Å². The minimum Gasteiger partial charge on any atom is -0.370 e. The molecule has 0 atom stereocenters. The van der Waals surface area contributed by atoms with Crippen molar-refractivity contribution in [3.05, 3.63) is 92.5 Å². The molecule has 3 N–H and O–H groups in total. The van der Waals surface area contributed by atoms with Gasteiger partial charge in [-0.3, -0.25) is 4.79 Å². The fourth-order valence-corrected chi connectivity index (χ4v) is 3.25. The van der Waals surface area contributed by atoms with Crippen molar-refractivity contribution in [1.29, 1.82) is 0 Å². The van der Waals surface area contributed by atoms with Crippen molar-refractivity contribution in [3.63, 3.8) is 0 Å². The molecule has 6 heteroatoms. The first-order valence-corrected chi connectivity index (χ1v) is 9.38. The first-order valence-electron chi connectivity index (χ1n) is 8.50. The maximum atomic E-state index is 11.8. The molecular weight excluding hydrogens is 344 g/mol. The van der Waals surface area contributed by atoms with Gasteiger partial charge in [-0.1, -0.05) is 36.4 Å². The molecule has 0 spiro atoms. The van der Waals surface area contributed by atoms with E-state index in [4.69, 9.17) is 5.73 Å². The van der Waals surface area contributed by atoms with E-state index in [9.17, 15) is 4.79 Å². The van der Waals surface area contributed by atoms with Gasteiger partial charge in [0.05, 0.1) is 13.1 Å². The number of hydrogen-bond acceptors (Lipinski definition) is 3. The third kappa shape index (κ3) is 5.32. The van der Waals surface area contributed by atoms with E-state index in [0.29, 0.717) is 19.0 Å². The first kappa shape index (κ1) is 17.9. The smallest absolute Gasteiger partial charge is 0.250 e. The highest BCUT2D eigenvalue weighted by Crippen LogP contribution is 2.08. The minimum absolute atomic E-state index is 0.00238. The van der Waals surface area contributed by atoms with Gasteiger partial charge in [0.25, 0.3) is 5.56 Å². The van der Waals surface area contributed by atoms with Crippen molar-refractivity contribution >= 4 is 17.3 Å². The standard InChI is InChI=1S/C20H22N4OS/c21-20(22-11-10-18-4-3-13-26-18)23-14-16-6-8-17(9-7-16)15-24-12-2-1-5-19(24)25/h1-9,12-13H,10-11,14-15H2,(H3,21,22,23). The fourth-order valence-electron chi connectivity index (χ4n) is 2.54. The van der Waals surface area contributed by atoms with Crippen LogP contribution in [-0.4, -0.2) is 17.1 Å². The van der Waals surface area contributed by atoms with Crippen LogP contribution in [0.15, 0.2) is 76.0 Å². The number of nitrogens with two attached hydrogens (primary N) is 1. The predicted octanol–water partition coefficient (Wildman–Crippen LogP) is 2.61. The molecule has 5 nitrogen and oxygen atoms in total. The Kier molecular flexibility index (Phi) is 6.22. The Morgan fingerprint density at radius 2 is 1.88 bits per heavy atom. The summed E-state index contributed by atoms with van der Waals surface area (Å²) in [5.74, 6) is 0.460. The summed E-state index contributed by atoms with van der Waals surface area (Å²) >= 11 is 1.75. The van der Waals surface area contributed by atoms with Crippen molar-refractivity contribution in [2.45, 2.75) is 19.5 Å². The lowest BCUT2D eigenvalue weighted by atomic mass is 10.1. The molecule has 2 aromatic heterocycles. The molecule has 0 fully saturated rings. The highest BCUT2D eigenvalue weighted by atomic mass is 32.1. The zero-order valence-electron chi connectivity index (χ0n) is 14.5. The van der Waals surface area contributed by atoms with Crippen molar-refractivity contribution in [2.75, 3.05) is 6.54 Å². The maximum absolute atomic E-state index is 11.8. The van der Waals surface area contributed by atoms with E-state index in [1.165, 1.54) is 4.88 Å². The molecule has 1 aromatic carbocycles. The normalized spacial score (nSPS) is 11.5. The number of rotatable bonds is 7. The number of hydrogen-bond donors (Lipinski definition) is 2. The van der Waals surface area contributed by atoms with E-state index in [1.807, 2.05) is 30.3 Å². The molecule has 3 aromatic rings. The molecule has 0 amide bonds. The summed E-state index contributed by atoms with van der Waals surface area (Å²) in [7, 11) is 0. The quantitative estimate of drug-likeness (QED) is 0.499. The molecule has 0 aliphatic carbocycles. The summed E-state index contributed by atoms with van der Waals surface area (Å²) in [6.07, 6.45) is 2.74. The number of aliphatic imine (C=N–C) groups is 1. The highest BCUT2D eigenvalue weighted by Gasteiger charge is 1.99. The number of nitrogens with zero attached hydrogens (tertiary/aromatic N) is 2. The van der Waals surface area contributed by atoms with Crippen LogP contribution in [0.5, 0.6) is 0 Å². The summed E-state index contributed by atoms with van der Waals surface area (Å²) in [6, 6.07) is 17.4. The molecule has 0 radical (unpaired) electrons. The van der Waals surface area contributed by atoms with Crippen LogP contribution in [0.2, 0.25) is 0 Å². The second-order valence-electron chi connectivity index (χ2n) is 5.94. The Bertz CT molecular complexity index is 898. The van der Waals surface area contributed by atoms with Gasteiger partial charge in [-0.15, -0.1) is 11.3 Å². The van der Waals surface area contributed by atoms with E-state index < -0.39 is 0 Å². The summed E-state index contributed by atoms with van der Waals surface area (Å²) in [5.41, 5.74) is 8.07. The predicted molar refractivity (Wildman–Crippen MR) is 108 cm³/mol. The second-order valence-corrected chi connectivity index (χ2v) is 6.97. The highest BCUT2D eigenvalue weighted by molar-refractivity contribution is 7.09. The summed E-state index contributed by atoms with van der Waals surface area (Å²) in [4.78, 5) is 17.5. The van der Waals surface area contributed by atoms with Crippen LogP contribution in [0.25, 0.3) is 0 Å². The zero-order valence-corrected chi connectivity index (χ0v) is 15.3. The van der Waals surface area contributed by atoms with E-state index in [2.05, 4.69) is 27.8 Å². The third-order valence-electron chi connectivity index (χ3n) is 3.96. The van der Waals surface area contributed by atoms with Gasteiger partial charge in [0.2, 0.25) is 0 Å². The monoisotopic (exact) mass is 366 g/mol. The molecule has 0 bridgehead atoms. The number of benzene rings is 1. The van der Waals surface area contributed by atoms with Gasteiger partial charge in [-0.25, -0.2) is 4.99 Å². The van der Waals surface area contributed by atoms with Crippen molar-refractivity contribution in [1.82, 2.24) is 9.88 Å². The third-order valence-corrected chi connectivity index (χ3v) is 4.90. The number of pyridine rings is 1. The molecule has 3 rings (SSSR count). The topological polar surface area (TPSA) is 72.4 Å². The lowest BCUT2D eigenvalue weighted by Gasteiger charge is -2.07. The summed E-state index contributed by atoms with van der Waals surface area (Å²) in [5, 5.41) is 5.21. The van der Waals surface area contributed by atoms with Crippen LogP contribution in [0, 0.1) is 0 Å². The van der Waals surface area contributed by atoms with Gasteiger partial charge >= 0.3 is 0 Å². The van der Waals surface area contributed by atoms with Crippen molar-refractivity contribution < 1.29 is 0 Å². The Balaban J connectivity index is 1.49. The van der Waals surface area contributed by atoms with Gasteiger partial charge in [0.15, 0.2) is 5.96 Å². The summed E-state index contributed by atoms with van der Waals surface area (Å²) < 4.78 is 1.68. The lowest BCUT2D eigenvalue weighted by Crippen LogP contribution is -2.33. The molecule has 0 unspecified atom stereocenters. The lowest BCUT2D eigenvalue weighted by molar-refractivity contribution is 0.759. The number of nitrogens with one attached hydrogen (secondary N) is 1. The molecule has 0 aliphatic heterocycles. The van der Waals surface area contributed by atoms with Gasteiger partial charge < -0.3 is 15.6 Å². The van der Waals surface area contributed by atoms with Crippen LogP contribution >= 0.6 is 11.3 Å². The van der Waals surface area contributed by atoms with E-state index in [-0.39, 0.29) is 5.56 Å². The molecular formula is C20H22N4OS. The molecule has 0 saturated carbocycles. The molecule has 26 heavy (non-hydrogen) atoms. The maximum Gasteiger partial charge on any atom is 0.250 e. The summed E-state index contributed by atoms with van der Waals surface area (Å²) in [6.45, 7) is 1.87. The fraction of sp³-hybridized carbons (Fsp3) is 0.200. The first-order chi connectivity index (χ1) is 12.7. The number of aromatic nitrogens is 1. The van der Waals surface area contributed by atoms with Crippen LogP contribution in [0.3, 0.4) is 0 Å². The SMILES string of the molecule is NC(=NCc1ccc(Cn2ccccc2=O)cc1)NCCc1cccs1. The molecule has 0 aliphatic rings. The van der Waals surface area contributed by atoms with Gasteiger partial charge in [-0.2, -0.15) is 0 Å². The zero-order chi connectivity index (χ0) is 18.2. The van der Waals surface area contributed by atoms with Crippen LogP contribution in [0.1, 0.15) is 16.0 Å². The number of guanidine groups is 1. The molecule has 134 valence electrons.